The summed E-state index contributed by atoms with van der Waals surface area (Å²) in [7, 11) is 0. The Kier molecular flexibility index (Phi) is 3.91. The van der Waals surface area contributed by atoms with Crippen LogP contribution >= 0.6 is 0 Å². The lowest BCUT2D eigenvalue weighted by Crippen LogP contribution is -2.43. The summed E-state index contributed by atoms with van der Waals surface area (Å²) in [4.78, 5) is 2.24. The third-order valence-electron chi connectivity index (χ3n) is 4.13. The highest BCUT2D eigenvalue weighted by Crippen LogP contribution is 2.34. The molecule has 2 unspecified atom stereocenters. The Bertz CT molecular complexity index is 419. The number of halogens is 1. The maximum absolute atomic E-state index is 13.9. The summed E-state index contributed by atoms with van der Waals surface area (Å²) in [5, 5.41) is 9.80. The van der Waals surface area contributed by atoms with Crippen LogP contribution in [0.4, 0.5) is 10.1 Å². The fraction of sp³-hybridized carbons (Fsp3) is 0.600. The number of hydrogen-bond donors (Lipinski definition) is 1. The smallest absolute Gasteiger partial charge is 0.131 e. The highest BCUT2D eigenvalue weighted by atomic mass is 19.1. The Morgan fingerprint density at radius 1 is 1.39 bits per heavy atom. The SMILES string of the molecule is CC1CCCN(c2cccc(F)c2[C@H](C)O)C1C. The van der Waals surface area contributed by atoms with Crippen LogP contribution in [0.15, 0.2) is 18.2 Å². The van der Waals surface area contributed by atoms with Crippen LogP contribution < -0.4 is 4.90 Å². The van der Waals surface area contributed by atoms with Crippen molar-refractivity contribution in [2.24, 2.45) is 5.92 Å². The van der Waals surface area contributed by atoms with Gasteiger partial charge < -0.3 is 10.0 Å². The minimum absolute atomic E-state index is 0.312. The van der Waals surface area contributed by atoms with Crippen LogP contribution in [0.3, 0.4) is 0 Å². The fourth-order valence-electron chi connectivity index (χ4n) is 2.87. The Morgan fingerprint density at radius 3 is 2.78 bits per heavy atom. The monoisotopic (exact) mass is 251 g/mol. The molecule has 1 aromatic rings. The third kappa shape index (κ3) is 2.37. The molecule has 2 rings (SSSR count). The maximum atomic E-state index is 13.9. The molecule has 0 aliphatic carbocycles. The molecule has 0 bridgehead atoms. The van der Waals surface area contributed by atoms with E-state index in [-0.39, 0.29) is 5.82 Å². The van der Waals surface area contributed by atoms with Crippen molar-refractivity contribution in [2.75, 3.05) is 11.4 Å². The molecule has 0 amide bonds. The van der Waals surface area contributed by atoms with Gasteiger partial charge in [-0.3, -0.25) is 0 Å². The standard InChI is InChI=1S/C15H22FNO/c1-10-6-5-9-17(11(10)2)14-8-4-7-13(16)15(14)12(3)18/h4,7-8,10-12,18H,5-6,9H2,1-3H3/t10?,11?,12-/m0/s1. The molecule has 1 saturated heterocycles. The van der Waals surface area contributed by atoms with E-state index in [9.17, 15) is 9.50 Å². The lowest BCUT2D eigenvalue weighted by molar-refractivity contribution is 0.194. The molecule has 1 N–H and O–H groups in total. The van der Waals surface area contributed by atoms with Crippen molar-refractivity contribution in [2.45, 2.75) is 45.8 Å². The molecule has 1 aliphatic heterocycles. The third-order valence-corrected chi connectivity index (χ3v) is 4.13. The summed E-state index contributed by atoms with van der Waals surface area (Å²) in [6.45, 7) is 6.98. The molecule has 1 heterocycles. The predicted octanol–water partition coefficient (Wildman–Crippen LogP) is 3.50. The second-order valence-corrected chi connectivity index (χ2v) is 5.40. The lowest BCUT2D eigenvalue weighted by Gasteiger charge is -2.41. The van der Waals surface area contributed by atoms with Crippen molar-refractivity contribution in [1.82, 2.24) is 0 Å². The average Bonchev–Trinajstić information content (AvgIpc) is 2.32. The van der Waals surface area contributed by atoms with Gasteiger partial charge in [0, 0.05) is 23.8 Å². The van der Waals surface area contributed by atoms with E-state index in [2.05, 4.69) is 18.7 Å². The largest absolute Gasteiger partial charge is 0.389 e. The minimum atomic E-state index is -0.773. The van der Waals surface area contributed by atoms with Gasteiger partial charge in [0.25, 0.3) is 0 Å². The first-order valence-electron chi connectivity index (χ1n) is 6.75. The Hall–Kier alpha value is -1.09. The van der Waals surface area contributed by atoms with Crippen LogP contribution in [0.1, 0.15) is 45.3 Å². The first kappa shape index (κ1) is 13.3. The molecule has 0 aromatic heterocycles. The maximum Gasteiger partial charge on any atom is 0.131 e. The first-order chi connectivity index (χ1) is 8.52. The zero-order valence-corrected chi connectivity index (χ0v) is 11.4. The second kappa shape index (κ2) is 5.27. The summed E-state index contributed by atoms with van der Waals surface area (Å²) in [5.74, 6) is 0.289. The highest BCUT2D eigenvalue weighted by Gasteiger charge is 2.28. The van der Waals surface area contributed by atoms with Crippen LogP contribution in [0.2, 0.25) is 0 Å². The molecule has 3 atom stereocenters. The number of aliphatic hydroxyl groups is 1. The number of aliphatic hydroxyl groups excluding tert-OH is 1. The molecule has 1 fully saturated rings. The molecule has 3 heteroatoms. The molecule has 100 valence electrons. The van der Waals surface area contributed by atoms with E-state index < -0.39 is 6.10 Å². The van der Waals surface area contributed by atoms with Crippen molar-refractivity contribution < 1.29 is 9.50 Å². The number of anilines is 1. The molecule has 2 nitrogen and oxygen atoms in total. The highest BCUT2D eigenvalue weighted by molar-refractivity contribution is 5.56. The van der Waals surface area contributed by atoms with Crippen molar-refractivity contribution >= 4 is 5.69 Å². The second-order valence-electron chi connectivity index (χ2n) is 5.40. The summed E-state index contributed by atoms with van der Waals surface area (Å²) >= 11 is 0. The van der Waals surface area contributed by atoms with E-state index in [1.807, 2.05) is 6.07 Å². The van der Waals surface area contributed by atoms with Gasteiger partial charge in [0.1, 0.15) is 5.82 Å². The zero-order chi connectivity index (χ0) is 13.3. The van der Waals surface area contributed by atoms with Gasteiger partial charge in [0.05, 0.1) is 6.10 Å². The summed E-state index contributed by atoms with van der Waals surface area (Å²) in [5.41, 5.74) is 1.28. The molecular weight excluding hydrogens is 229 g/mol. The number of benzene rings is 1. The van der Waals surface area contributed by atoms with Crippen LogP contribution in [-0.2, 0) is 0 Å². The van der Waals surface area contributed by atoms with Gasteiger partial charge in [-0.05, 0) is 44.7 Å². The summed E-state index contributed by atoms with van der Waals surface area (Å²) in [6, 6.07) is 5.45. The molecular formula is C15H22FNO. The number of hydrogen-bond acceptors (Lipinski definition) is 2. The predicted molar refractivity (Wildman–Crippen MR) is 72.2 cm³/mol. The molecule has 0 radical (unpaired) electrons. The molecule has 1 aliphatic rings. The number of nitrogens with zero attached hydrogens (tertiary/aromatic N) is 1. The molecule has 1 aromatic carbocycles. The van der Waals surface area contributed by atoms with Crippen molar-refractivity contribution in [3.63, 3.8) is 0 Å². The van der Waals surface area contributed by atoms with E-state index in [4.69, 9.17) is 0 Å². The molecule has 0 saturated carbocycles. The quantitative estimate of drug-likeness (QED) is 0.869. The van der Waals surface area contributed by atoms with Crippen molar-refractivity contribution in [3.8, 4) is 0 Å². The van der Waals surface area contributed by atoms with Gasteiger partial charge in [-0.15, -0.1) is 0 Å². The normalized spacial score (nSPS) is 26.2. The van der Waals surface area contributed by atoms with Gasteiger partial charge in [0.15, 0.2) is 0 Å². The van der Waals surface area contributed by atoms with E-state index in [1.54, 1.807) is 13.0 Å². The zero-order valence-electron chi connectivity index (χ0n) is 11.4. The van der Waals surface area contributed by atoms with Gasteiger partial charge >= 0.3 is 0 Å². The number of rotatable bonds is 2. The lowest BCUT2D eigenvalue weighted by atomic mass is 9.90. The molecule has 0 spiro atoms. The van der Waals surface area contributed by atoms with E-state index in [1.165, 1.54) is 12.5 Å². The van der Waals surface area contributed by atoms with Crippen LogP contribution in [0.25, 0.3) is 0 Å². The topological polar surface area (TPSA) is 23.5 Å². The number of piperidine rings is 1. The fourth-order valence-corrected chi connectivity index (χ4v) is 2.87. The Labute approximate surface area is 108 Å². The van der Waals surface area contributed by atoms with E-state index in [0.717, 1.165) is 18.7 Å². The van der Waals surface area contributed by atoms with E-state index in [0.29, 0.717) is 17.5 Å². The summed E-state index contributed by atoms with van der Waals surface area (Å²) < 4.78 is 13.9. The van der Waals surface area contributed by atoms with Crippen LogP contribution in [0, 0.1) is 11.7 Å². The van der Waals surface area contributed by atoms with Crippen LogP contribution in [-0.4, -0.2) is 17.7 Å². The Morgan fingerprint density at radius 2 is 2.11 bits per heavy atom. The Balaban J connectivity index is 2.41. The van der Waals surface area contributed by atoms with Crippen LogP contribution in [0.5, 0.6) is 0 Å². The van der Waals surface area contributed by atoms with Gasteiger partial charge in [-0.25, -0.2) is 4.39 Å². The van der Waals surface area contributed by atoms with Crippen molar-refractivity contribution in [1.29, 1.82) is 0 Å². The van der Waals surface area contributed by atoms with Gasteiger partial charge in [-0.2, -0.15) is 0 Å². The summed E-state index contributed by atoms with van der Waals surface area (Å²) in [6.07, 6.45) is 1.57. The molecule has 18 heavy (non-hydrogen) atoms. The van der Waals surface area contributed by atoms with Gasteiger partial charge in [0.2, 0.25) is 0 Å². The van der Waals surface area contributed by atoms with Crippen molar-refractivity contribution in [3.05, 3.63) is 29.6 Å². The first-order valence-corrected chi connectivity index (χ1v) is 6.75. The van der Waals surface area contributed by atoms with E-state index >= 15 is 0 Å². The van der Waals surface area contributed by atoms with Gasteiger partial charge in [-0.1, -0.05) is 13.0 Å². The minimum Gasteiger partial charge on any atom is -0.389 e. The average molecular weight is 251 g/mol.